The number of piperazine rings is 1. The molecule has 0 unspecified atom stereocenters. The average molecular weight is 525 g/mol. The van der Waals surface area contributed by atoms with E-state index < -0.39 is 11.9 Å². The summed E-state index contributed by atoms with van der Waals surface area (Å²) in [7, 11) is 1.68. The molecule has 0 saturated carbocycles. The summed E-state index contributed by atoms with van der Waals surface area (Å²) in [4.78, 5) is 12.3. The Hall–Kier alpha value is -1.56. The van der Waals surface area contributed by atoms with E-state index in [1.165, 1.54) is 11.3 Å². The van der Waals surface area contributed by atoms with Gasteiger partial charge in [-0.05, 0) is 24.6 Å². The number of hydrogen-bond donors (Lipinski definition) is 1. The second-order valence-electron chi connectivity index (χ2n) is 6.34. The predicted molar refractivity (Wildman–Crippen MR) is 118 cm³/mol. The highest BCUT2D eigenvalue weighted by molar-refractivity contribution is 14.0. The molecule has 1 aliphatic heterocycles. The number of rotatable bonds is 3. The zero-order chi connectivity index (χ0) is 19.4. The summed E-state index contributed by atoms with van der Waals surface area (Å²) in [6, 6.07) is 8.41. The third kappa shape index (κ3) is 5.72. The van der Waals surface area contributed by atoms with Crippen molar-refractivity contribution in [3.8, 4) is 0 Å². The number of nitrogens with zero attached hydrogens (tertiary/aromatic N) is 4. The summed E-state index contributed by atoms with van der Waals surface area (Å²) < 4.78 is 37.9. The van der Waals surface area contributed by atoms with Crippen LogP contribution in [-0.2, 0) is 12.7 Å². The van der Waals surface area contributed by atoms with E-state index in [2.05, 4.69) is 56.3 Å². The Labute approximate surface area is 183 Å². The van der Waals surface area contributed by atoms with Gasteiger partial charge in [-0.1, -0.05) is 12.1 Å². The minimum absolute atomic E-state index is 0. The zero-order valence-corrected chi connectivity index (χ0v) is 18.8. The monoisotopic (exact) mass is 525 g/mol. The van der Waals surface area contributed by atoms with Crippen LogP contribution in [-0.4, -0.2) is 49.1 Å². The molecule has 5 nitrogen and oxygen atoms in total. The third-order valence-electron chi connectivity index (χ3n) is 4.40. The quantitative estimate of drug-likeness (QED) is 0.374. The van der Waals surface area contributed by atoms with Crippen molar-refractivity contribution in [2.24, 2.45) is 4.99 Å². The molecular formula is C18H23F3IN5S. The van der Waals surface area contributed by atoms with Gasteiger partial charge < -0.3 is 15.1 Å². The van der Waals surface area contributed by atoms with Crippen LogP contribution in [0.2, 0.25) is 0 Å². The zero-order valence-electron chi connectivity index (χ0n) is 15.7. The summed E-state index contributed by atoms with van der Waals surface area (Å²) in [5.74, 6) is 0.683. The van der Waals surface area contributed by atoms with Crippen LogP contribution < -0.4 is 10.2 Å². The number of anilines is 1. The van der Waals surface area contributed by atoms with Crippen LogP contribution >= 0.6 is 35.3 Å². The maximum Gasteiger partial charge on any atom is 0.434 e. The minimum Gasteiger partial charge on any atom is -0.368 e. The fraction of sp³-hybridized carbons (Fsp3) is 0.444. The molecule has 1 aliphatic rings. The van der Waals surface area contributed by atoms with Crippen molar-refractivity contribution in [3.05, 3.63) is 45.9 Å². The lowest BCUT2D eigenvalue weighted by atomic mass is 10.2. The molecule has 0 spiro atoms. The Kier molecular flexibility index (Phi) is 7.93. The van der Waals surface area contributed by atoms with Gasteiger partial charge in [-0.3, -0.25) is 4.99 Å². The number of hydrogen-bond acceptors (Lipinski definition) is 4. The first-order valence-electron chi connectivity index (χ1n) is 8.65. The van der Waals surface area contributed by atoms with Crippen molar-refractivity contribution < 1.29 is 13.2 Å². The Morgan fingerprint density at radius 2 is 1.96 bits per heavy atom. The van der Waals surface area contributed by atoms with Crippen molar-refractivity contribution in [2.75, 3.05) is 38.1 Å². The minimum atomic E-state index is -4.40. The largest absolute Gasteiger partial charge is 0.434 e. The number of aryl methyl sites for hydroxylation is 1. The summed E-state index contributed by atoms with van der Waals surface area (Å²) in [5.41, 5.74) is 1.60. The van der Waals surface area contributed by atoms with Crippen molar-refractivity contribution in [3.63, 3.8) is 0 Å². The van der Waals surface area contributed by atoms with Gasteiger partial charge in [0.05, 0.1) is 6.54 Å². The van der Waals surface area contributed by atoms with E-state index in [-0.39, 0.29) is 30.5 Å². The molecule has 2 aromatic rings. The molecule has 0 aliphatic carbocycles. The molecule has 10 heteroatoms. The lowest BCUT2D eigenvalue weighted by Gasteiger charge is -2.37. The van der Waals surface area contributed by atoms with Crippen LogP contribution in [0.4, 0.5) is 18.9 Å². The first-order chi connectivity index (χ1) is 12.9. The number of guanidine groups is 1. The van der Waals surface area contributed by atoms with E-state index in [1.807, 2.05) is 0 Å². The number of nitrogens with one attached hydrogen (secondary N) is 1. The Morgan fingerprint density at radius 3 is 2.54 bits per heavy atom. The molecule has 1 N–H and O–H groups in total. The molecule has 0 bridgehead atoms. The topological polar surface area (TPSA) is 43.8 Å². The van der Waals surface area contributed by atoms with E-state index in [0.29, 0.717) is 11.0 Å². The van der Waals surface area contributed by atoms with Gasteiger partial charge in [0.25, 0.3) is 0 Å². The van der Waals surface area contributed by atoms with Crippen molar-refractivity contribution in [1.29, 1.82) is 0 Å². The van der Waals surface area contributed by atoms with Gasteiger partial charge in [-0.15, -0.1) is 35.3 Å². The Balaban J connectivity index is 0.00000280. The number of benzene rings is 1. The van der Waals surface area contributed by atoms with E-state index in [4.69, 9.17) is 0 Å². The fourth-order valence-electron chi connectivity index (χ4n) is 3.01. The second-order valence-corrected chi connectivity index (χ2v) is 7.28. The summed E-state index contributed by atoms with van der Waals surface area (Å²) in [5, 5.41) is 4.55. The number of aliphatic imine (C=N–C) groups is 1. The predicted octanol–water partition coefficient (Wildman–Crippen LogP) is 3.99. The first kappa shape index (κ1) is 22.7. The highest BCUT2D eigenvalue weighted by atomic mass is 127. The molecule has 1 aromatic heterocycles. The molecule has 3 rings (SSSR count). The molecule has 154 valence electrons. The van der Waals surface area contributed by atoms with Gasteiger partial charge in [-0.25, -0.2) is 4.98 Å². The van der Waals surface area contributed by atoms with Gasteiger partial charge in [0, 0.05) is 44.3 Å². The molecule has 0 atom stereocenters. The highest BCUT2D eigenvalue weighted by Gasteiger charge is 2.33. The van der Waals surface area contributed by atoms with Gasteiger partial charge in [0.15, 0.2) is 11.7 Å². The number of halogens is 4. The van der Waals surface area contributed by atoms with Crippen molar-refractivity contribution in [2.45, 2.75) is 19.6 Å². The standard InChI is InChI=1S/C18H22F3N5S.HI/c1-13-4-3-5-14(10-13)25-6-8-26(9-7-25)17(22-2)23-11-16-24-15(12-27-16)18(19,20)21;/h3-5,10,12H,6-9,11H2,1-2H3,(H,22,23);1H. The number of thiazole rings is 1. The van der Waals surface area contributed by atoms with Gasteiger partial charge >= 0.3 is 6.18 Å². The fourth-order valence-corrected chi connectivity index (χ4v) is 3.75. The van der Waals surface area contributed by atoms with Crippen molar-refractivity contribution >= 4 is 47.0 Å². The van der Waals surface area contributed by atoms with Gasteiger partial charge in [0.2, 0.25) is 0 Å². The van der Waals surface area contributed by atoms with Crippen LogP contribution in [0.15, 0.2) is 34.6 Å². The van der Waals surface area contributed by atoms with Crippen LogP contribution in [0.1, 0.15) is 16.3 Å². The van der Waals surface area contributed by atoms with Crippen molar-refractivity contribution in [1.82, 2.24) is 15.2 Å². The lowest BCUT2D eigenvalue weighted by molar-refractivity contribution is -0.140. The maximum atomic E-state index is 12.6. The Bertz CT molecular complexity index is 801. The maximum absolute atomic E-state index is 12.6. The van der Waals surface area contributed by atoms with Crippen LogP contribution in [0.5, 0.6) is 0 Å². The Morgan fingerprint density at radius 1 is 1.25 bits per heavy atom. The summed E-state index contributed by atoms with van der Waals surface area (Å²) >= 11 is 0.999. The molecule has 2 heterocycles. The molecule has 0 radical (unpaired) electrons. The smallest absolute Gasteiger partial charge is 0.368 e. The number of alkyl halides is 3. The molecule has 1 saturated heterocycles. The SMILES string of the molecule is CN=C(NCc1nc(C(F)(F)F)cs1)N1CCN(c2cccc(C)c2)CC1.I. The highest BCUT2D eigenvalue weighted by Crippen LogP contribution is 2.30. The van der Waals surface area contributed by atoms with Crippen LogP contribution in [0, 0.1) is 6.92 Å². The van der Waals surface area contributed by atoms with Gasteiger partial charge in [0.1, 0.15) is 5.01 Å². The normalized spacial score (nSPS) is 15.4. The molecular weight excluding hydrogens is 502 g/mol. The van der Waals surface area contributed by atoms with Gasteiger partial charge in [-0.2, -0.15) is 13.2 Å². The van der Waals surface area contributed by atoms with E-state index in [9.17, 15) is 13.2 Å². The second kappa shape index (κ2) is 9.77. The third-order valence-corrected chi connectivity index (χ3v) is 5.25. The van der Waals surface area contributed by atoms with Crippen LogP contribution in [0.25, 0.3) is 0 Å². The molecule has 1 fully saturated rings. The first-order valence-corrected chi connectivity index (χ1v) is 9.53. The van der Waals surface area contributed by atoms with E-state index in [1.54, 1.807) is 7.05 Å². The van der Waals surface area contributed by atoms with Crippen LogP contribution in [0.3, 0.4) is 0 Å². The van der Waals surface area contributed by atoms with E-state index >= 15 is 0 Å². The average Bonchev–Trinajstić information content (AvgIpc) is 3.12. The lowest BCUT2D eigenvalue weighted by Crippen LogP contribution is -2.52. The number of aromatic nitrogens is 1. The molecule has 1 aromatic carbocycles. The summed E-state index contributed by atoms with van der Waals surface area (Å²) in [6.45, 7) is 5.61. The molecule has 0 amide bonds. The molecule has 28 heavy (non-hydrogen) atoms. The summed E-state index contributed by atoms with van der Waals surface area (Å²) in [6.07, 6.45) is -4.40. The van der Waals surface area contributed by atoms with E-state index in [0.717, 1.165) is 42.9 Å².